The highest BCUT2D eigenvalue weighted by Crippen LogP contribution is 2.22. The molecule has 5 heteroatoms. The van der Waals surface area contributed by atoms with E-state index in [0.717, 1.165) is 11.1 Å². The lowest BCUT2D eigenvalue weighted by molar-refractivity contribution is 0.276. The van der Waals surface area contributed by atoms with E-state index in [2.05, 4.69) is 15.3 Å². The first-order valence-electron chi connectivity index (χ1n) is 6.15. The first kappa shape index (κ1) is 13.3. The van der Waals surface area contributed by atoms with Crippen LogP contribution in [-0.2, 0) is 0 Å². The lowest BCUT2D eigenvalue weighted by Gasteiger charge is -2.19. The maximum absolute atomic E-state index is 9.53. The highest BCUT2D eigenvalue weighted by atomic mass is 16.3. The van der Waals surface area contributed by atoms with Crippen LogP contribution in [0.1, 0.15) is 23.0 Å². The van der Waals surface area contributed by atoms with Crippen molar-refractivity contribution in [1.29, 1.82) is 0 Å². The minimum Gasteiger partial charge on any atom is -0.394 e. The summed E-state index contributed by atoms with van der Waals surface area (Å²) in [4.78, 5) is 8.44. The standard InChI is InChI=1S/C14H18N4O/c1-9-13(15)16-10(2)17-14(9)18-12(8-19)11-6-4-3-5-7-11/h3-7,12,19H,8H2,1-2H3,(H3,15,16,17,18). The van der Waals surface area contributed by atoms with E-state index < -0.39 is 0 Å². The van der Waals surface area contributed by atoms with Crippen molar-refractivity contribution in [3.63, 3.8) is 0 Å². The van der Waals surface area contributed by atoms with Gasteiger partial charge >= 0.3 is 0 Å². The number of rotatable bonds is 4. The summed E-state index contributed by atoms with van der Waals surface area (Å²) in [5, 5.41) is 12.7. The van der Waals surface area contributed by atoms with Crippen LogP contribution in [0, 0.1) is 13.8 Å². The zero-order chi connectivity index (χ0) is 13.8. The monoisotopic (exact) mass is 258 g/mol. The van der Waals surface area contributed by atoms with Crippen molar-refractivity contribution in [2.24, 2.45) is 0 Å². The van der Waals surface area contributed by atoms with Gasteiger partial charge in [0.2, 0.25) is 0 Å². The molecule has 0 aliphatic carbocycles. The van der Waals surface area contributed by atoms with Gasteiger partial charge in [-0.15, -0.1) is 0 Å². The van der Waals surface area contributed by atoms with E-state index in [-0.39, 0.29) is 12.6 Å². The van der Waals surface area contributed by atoms with Gasteiger partial charge in [-0.3, -0.25) is 0 Å². The molecule has 5 nitrogen and oxygen atoms in total. The second-order valence-corrected chi connectivity index (χ2v) is 4.42. The van der Waals surface area contributed by atoms with E-state index in [9.17, 15) is 5.11 Å². The summed E-state index contributed by atoms with van der Waals surface area (Å²) >= 11 is 0. The van der Waals surface area contributed by atoms with Crippen molar-refractivity contribution in [2.75, 3.05) is 17.7 Å². The Morgan fingerprint density at radius 3 is 2.53 bits per heavy atom. The molecule has 4 N–H and O–H groups in total. The fraction of sp³-hybridized carbons (Fsp3) is 0.286. The zero-order valence-corrected chi connectivity index (χ0v) is 11.1. The van der Waals surface area contributed by atoms with E-state index in [4.69, 9.17) is 5.73 Å². The molecule has 1 aromatic carbocycles. The number of aromatic nitrogens is 2. The molecule has 0 fully saturated rings. The Balaban J connectivity index is 2.29. The molecule has 1 atom stereocenters. The van der Waals surface area contributed by atoms with Crippen LogP contribution in [0.2, 0.25) is 0 Å². The maximum atomic E-state index is 9.53. The molecular weight excluding hydrogens is 240 g/mol. The summed E-state index contributed by atoms with van der Waals surface area (Å²) in [5.41, 5.74) is 7.61. The van der Waals surface area contributed by atoms with Gasteiger partial charge in [0, 0.05) is 5.56 Å². The zero-order valence-electron chi connectivity index (χ0n) is 11.1. The summed E-state index contributed by atoms with van der Waals surface area (Å²) in [7, 11) is 0. The molecule has 0 saturated heterocycles. The van der Waals surface area contributed by atoms with E-state index in [0.29, 0.717) is 17.5 Å². The van der Waals surface area contributed by atoms with Gasteiger partial charge in [-0.05, 0) is 19.4 Å². The molecule has 0 aliphatic rings. The van der Waals surface area contributed by atoms with Crippen LogP contribution >= 0.6 is 0 Å². The summed E-state index contributed by atoms with van der Waals surface area (Å²) in [6, 6.07) is 9.52. The number of benzene rings is 1. The Bertz CT molecular complexity index is 557. The van der Waals surface area contributed by atoms with Crippen LogP contribution in [-0.4, -0.2) is 21.7 Å². The van der Waals surface area contributed by atoms with Gasteiger partial charge in [-0.25, -0.2) is 9.97 Å². The van der Waals surface area contributed by atoms with Gasteiger partial charge in [0.25, 0.3) is 0 Å². The van der Waals surface area contributed by atoms with Gasteiger partial charge in [0.05, 0.1) is 12.6 Å². The molecule has 19 heavy (non-hydrogen) atoms. The van der Waals surface area contributed by atoms with Crippen molar-refractivity contribution in [3.8, 4) is 0 Å². The number of aliphatic hydroxyl groups is 1. The van der Waals surface area contributed by atoms with Gasteiger partial charge in [0.1, 0.15) is 17.5 Å². The molecule has 0 amide bonds. The molecule has 2 rings (SSSR count). The predicted molar refractivity (Wildman–Crippen MR) is 75.8 cm³/mol. The quantitative estimate of drug-likeness (QED) is 0.779. The van der Waals surface area contributed by atoms with Gasteiger partial charge in [-0.1, -0.05) is 30.3 Å². The van der Waals surface area contributed by atoms with Gasteiger partial charge in [-0.2, -0.15) is 0 Å². The van der Waals surface area contributed by atoms with Crippen LogP contribution < -0.4 is 11.1 Å². The fourth-order valence-corrected chi connectivity index (χ4v) is 1.88. The highest BCUT2D eigenvalue weighted by Gasteiger charge is 2.13. The van der Waals surface area contributed by atoms with E-state index in [1.807, 2.05) is 37.3 Å². The average Bonchev–Trinajstić information content (AvgIpc) is 2.42. The fourth-order valence-electron chi connectivity index (χ4n) is 1.88. The summed E-state index contributed by atoms with van der Waals surface area (Å²) in [6.07, 6.45) is 0. The highest BCUT2D eigenvalue weighted by molar-refractivity contribution is 5.55. The molecule has 0 saturated carbocycles. The van der Waals surface area contributed by atoms with Crippen LogP contribution in [0.4, 0.5) is 11.6 Å². The minimum atomic E-state index is -0.214. The molecule has 1 aromatic heterocycles. The number of nitrogen functional groups attached to an aromatic ring is 1. The maximum Gasteiger partial charge on any atom is 0.135 e. The van der Waals surface area contributed by atoms with Crippen molar-refractivity contribution in [2.45, 2.75) is 19.9 Å². The van der Waals surface area contributed by atoms with Crippen LogP contribution in [0.15, 0.2) is 30.3 Å². The number of hydrogen-bond acceptors (Lipinski definition) is 5. The smallest absolute Gasteiger partial charge is 0.135 e. The Kier molecular flexibility index (Phi) is 3.97. The first-order chi connectivity index (χ1) is 9.11. The summed E-state index contributed by atoms with van der Waals surface area (Å²) < 4.78 is 0. The third-order valence-electron chi connectivity index (χ3n) is 2.99. The normalized spacial score (nSPS) is 12.2. The molecule has 1 heterocycles. The predicted octanol–water partition coefficient (Wildman–Crippen LogP) is 1.82. The first-order valence-corrected chi connectivity index (χ1v) is 6.15. The van der Waals surface area contributed by atoms with Crippen molar-refractivity contribution < 1.29 is 5.11 Å². The van der Waals surface area contributed by atoms with Crippen LogP contribution in [0.5, 0.6) is 0 Å². The summed E-state index contributed by atoms with van der Waals surface area (Å²) in [5.74, 6) is 1.73. The van der Waals surface area contributed by atoms with E-state index in [1.165, 1.54) is 0 Å². The molecule has 0 aliphatic heterocycles. The van der Waals surface area contributed by atoms with Crippen LogP contribution in [0.25, 0.3) is 0 Å². The Morgan fingerprint density at radius 1 is 1.21 bits per heavy atom. The SMILES string of the molecule is Cc1nc(N)c(C)c(NC(CO)c2ccccc2)n1. The third kappa shape index (κ3) is 3.00. The lowest BCUT2D eigenvalue weighted by Crippen LogP contribution is -2.17. The number of aryl methyl sites for hydroxylation is 1. The van der Waals surface area contributed by atoms with Gasteiger partial charge in [0.15, 0.2) is 0 Å². The number of anilines is 2. The number of hydrogen-bond donors (Lipinski definition) is 3. The minimum absolute atomic E-state index is 0.0214. The molecule has 0 bridgehead atoms. The lowest BCUT2D eigenvalue weighted by atomic mass is 10.1. The van der Waals surface area contributed by atoms with E-state index >= 15 is 0 Å². The van der Waals surface area contributed by atoms with Crippen molar-refractivity contribution >= 4 is 11.6 Å². The number of nitrogens with two attached hydrogens (primary N) is 1. The second kappa shape index (κ2) is 5.67. The van der Waals surface area contributed by atoms with Gasteiger partial charge < -0.3 is 16.2 Å². The Morgan fingerprint density at radius 2 is 1.89 bits per heavy atom. The molecule has 100 valence electrons. The van der Waals surface area contributed by atoms with E-state index in [1.54, 1.807) is 6.92 Å². The topological polar surface area (TPSA) is 84.1 Å². The Labute approximate surface area is 112 Å². The molecular formula is C14H18N4O. The van der Waals surface area contributed by atoms with Crippen molar-refractivity contribution in [3.05, 3.63) is 47.3 Å². The number of nitrogens with one attached hydrogen (secondary N) is 1. The molecule has 2 aromatic rings. The largest absolute Gasteiger partial charge is 0.394 e. The molecule has 0 radical (unpaired) electrons. The number of nitrogens with zero attached hydrogens (tertiary/aromatic N) is 2. The molecule has 0 spiro atoms. The third-order valence-corrected chi connectivity index (χ3v) is 2.99. The number of aliphatic hydroxyl groups excluding tert-OH is 1. The molecule has 1 unspecified atom stereocenters. The van der Waals surface area contributed by atoms with Crippen molar-refractivity contribution in [1.82, 2.24) is 9.97 Å². The Hall–Kier alpha value is -2.14. The second-order valence-electron chi connectivity index (χ2n) is 4.42. The van der Waals surface area contributed by atoms with Crippen LogP contribution in [0.3, 0.4) is 0 Å². The summed E-state index contributed by atoms with van der Waals surface area (Å²) in [6.45, 7) is 3.63. The average molecular weight is 258 g/mol.